The third-order valence-corrected chi connectivity index (χ3v) is 3.65. The Labute approximate surface area is 101 Å². The van der Waals surface area contributed by atoms with Crippen molar-refractivity contribution in [2.24, 2.45) is 4.99 Å². The zero-order valence-corrected chi connectivity index (χ0v) is 10.6. The first-order valence-corrected chi connectivity index (χ1v) is 6.69. The number of hydrogen-bond acceptors (Lipinski definition) is 4. The number of nitrogens with zero attached hydrogens (tertiary/aromatic N) is 3. The molecule has 0 fully saturated rings. The summed E-state index contributed by atoms with van der Waals surface area (Å²) in [6.45, 7) is 5.28. The summed E-state index contributed by atoms with van der Waals surface area (Å²) in [5.41, 5.74) is 0. The van der Waals surface area contributed by atoms with Crippen LogP contribution in [-0.2, 0) is 6.54 Å². The van der Waals surface area contributed by atoms with Crippen molar-refractivity contribution < 1.29 is 0 Å². The van der Waals surface area contributed by atoms with Gasteiger partial charge in [0.25, 0.3) is 0 Å². The topological polar surface area (TPSA) is 42.2 Å². The van der Waals surface area contributed by atoms with E-state index in [1.54, 1.807) is 0 Å². The van der Waals surface area contributed by atoms with Crippen molar-refractivity contribution in [3.8, 4) is 0 Å². The molecule has 88 valence electrons. The summed E-state index contributed by atoms with van der Waals surface area (Å²) >= 11 is 1.83. The molecule has 0 radical (unpaired) electrons. The van der Waals surface area contributed by atoms with E-state index in [0.717, 1.165) is 23.9 Å². The van der Waals surface area contributed by atoms with Gasteiger partial charge in [0, 0.05) is 30.7 Å². The molecule has 2 heterocycles. The Hall–Kier alpha value is -0.970. The SMILES string of the molecule is CCC1CSC(NC(C)Cn2ccnc2)=N1. The highest BCUT2D eigenvalue weighted by Crippen LogP contribution is 2.18. The van der Waals surface area contributed by atoms with Gasteiger partial charge in [0.1, 0.15) is 0 Å². The number of thioether (sulfide) groups is 1. The van der Waals surface area contributed by atoms with Crippen LogP contribution >= 0.6 is 11.8 Å². The molecule has 2 unspecified atom stereocenters. The van der Waals surface area contributed by atoms with Gasteiger partial charge in [-0.3, -0.25) is 4.99 Å². The highest BCUT2D eigenvalue weighted by molar-refractivity contribution is 8.14. The Morgan fingerprint density at radius 3 is 3.19 bits per heavy atom. The van der Waals surface area contributed by atoms with E-state index in [0.29, 0.717) is 12.1 Å². The quantitative estimate of drug-likeness (QED) is 0.869. The van der Waals surface area contributed by atoms with Gasteiger partial charge in [-0.2, -0.15) is 0 Å². The average Bonchev–Trinajstić information content (AvgIpc) is 2.89. The molecule has 5 heteroatoms. The number of rotatable bonds is 4. The van der Waals surface area contributed by atoms with Crippen molar-refractivity contribution in [3.63, 3.8) is 0 Å². The van der Waals surface area contributed by atoms with E-state index in [1.807, 2.05) is 30.5 Å². The van der Waals surface area contributed by atoms with Crippen LogP contribution in [0.3, 0.4) is 0 Å². The first-order chi connectivity index (χ1) is 7.78. The van der Waals surface area contributed by atoms with Crippen molar-refractivity contribution in [2.45, 2.75) is 38.9 Å². The Morgan fingerprint density at radius 2 is 2.56 bits per heavy atom. The van der Waals surface area contributed by atoms with Gasteiger partial charge >= 0.3 is 0 Å². The van der Waals surface area contributed by atoms with Crippen LogP contribution in [0.25, 0.3) is 0 Å². The van der Waals surface area contributed by atoms with Gasteiger partial charge in [-0.15, -0.1) is 0 Å². The van der Waals surface area contributed by atoms with Crippen molar-refractivity contribution in [1.29, 1.82) is 0 Å². The molecule has 1 aliphatic heterocycles. The minimum atomic E-state index is 0.385. The molecule has 16 heavy (non-hydrogen) atoms. The molecular formula is C11H18N4S. The molecule has 0 saturated carbocycles. The van der Waals surface area contributed by atoms with Crippen LogP contribution in [0.5, 0.6) is 0 Å². The predicted octanol–water partition coefficient (Wildman–Crippen LogP) is 1.74. The second-order valence-electron chi connectivity index (χ2n) is 4.11. The highest BCUT2D eigenvalue weighted by atomic mass is 32.2. The summed E-state index contributed by atoms with van der Waals surface area (Å²) < 4.78 is 2.08. The van der Waals surface area contributed by atoms with E-state index in [2.05, 4.69) is 33.7 Å². The molecule has 0 saturated heterocycles. The van der Waals surface area contributed by atoms with Crippen molar-refractivity contribution in [2.75, 3.05) is 5.75 Å². The first-order valence-electron chi connectivity index (χ1n) is 5.70. The van der Waals surface area contributed by atoms with Gasteiger partial charge in [0.2, 0.25) is 0 Å². The molecular weight excluding hydrogens is 220 g/mol. The number of hydrogen-bond donors (Lipinski definition) is 1. The van der Waals surface area contributed by atoms with E-state index in [-0.39, 0.29) is 0 Å². The monoisotopic (exact) mass is 238 g/mol. The predicted molar refractivity (Wildman–Crippen MR) is 68.8 cm³/mol. The van der Waals surface area contributed by atoms with E-state index in [4.69, 9.17) is 0 Å². The fourth-order valence-corrected chi connectivity index (χ4v) is 2.84. The Kier molecular flexibility index (Phi) is 3.88. The second-order valence-corrected chi connectivity index (χ2v) is 5.12. The third kappa shape index (κ3) is 3.01. The molecule has 2 rings (SSSR count). The number of aromatic nitrogens is 2. The molecule has 1 aliphatic rings. The number of aliphatic imine (C=N–C) groups is 1. The minimum absolute atomic E-state index is 0.385. The van der Waals surface area contributed by atoms with Gasteiger partial charge in [-0.05, 0) is 13.3 Å². The molecule has 0 amide bonds. The smallest absolute Gasteiger partial charge is 0.157 e. The van der Waals surface area contributed by atoms with Gasteiger partial charge in [-0.25, -0.2) is 4.98 Å². The molecule has 4 nitrogen and oxygen atoms in total. The third-order valence-electron chi connectivity index (χ3n) is 2.60. The Balaban J connectivity index is 1.81. The lowest BCUT2D eigenvalue weighted by atomic mass is 10.3. The molecule has 1 N–H and O–H groups in total. The molecule has 2 atom stereocenters. The lowest BCUT2D eigenvalue weighted by Gasteiger charge is -2.14. The molecule has 0 aliphatic carbocycles. The summed E-state index contributed by atoms with van der Waals surface area (Å²) in [5.74, 6) is 1.12. The van der Waals surface area contributed by atoms with Crippen LogP contribution in [0.1, 0.15) is 20.3 Å². The van der Waals surface area contributed by atoms with Crippen LogP contribution < -0.4 is 5.32 Å². The fourth-order valence-electron chi connectivity index (χ4n) is 1.67. The Morgan fingerprint density at radius 1 is 1.69 bits per heavy atom. The average molecular weight is 238 g/mol. The second kappa shape index (κ2) is 5.39. The van der Waals surface area contributed by atoms with E-state index in [9.17, 15) is 0 Å². The zero-order chi connectivity index (χ0) is 11.4. The fraction of sp³-hybridized carbons (Fsp3) is 0.636. The Bertz CT molecular complexity index is 347. The minimum Gasteiger partial charge on any atom is -0.361 e. The van der Waals surface area contributed by atoms with Crippen molar-refractivity contribution in [1.82, 2.24) is 14.9 Å². The maximum Gasteiger partial charge on any atom is 0.157 e. The molecule has 1 aromatic heterocycles. The normalized spacial score (nSPS) is 21.9. The van der Waals surface area contributed by atoms with Gasteiger partial charge in [0.05, 0.1) is 12.4 Å². The van der Waals surface area contributed by atoms with Gasteiger partial charge < -0.3 is 9.88 Å². The molecule has 0 spiro atoms. The van der Waals surface area contributed by atoms with Crippen LogP contribution in [0.4, 0.5) is 0 Å². The van der Waals surface area contributed by atoms with E-state index < -0.39 is 0 Å². The maximum atomic E-state index is 4.62. The molecule has 0 aromatic carbocycles. The van der Waals surface area contributed by atoms with E-state index in [1.165, 1.54) is 0 Å². The largest absolute Gasteiger partial charge is 0.361 e. The maximum absolute atomic E-state index is 4.62. The number of imidazole rings is 1. The van der Waals surface area contributed by atoms with Gasteiger partial charge in [-0.1, -0.05) is 18.7 Å². The highest BCUT2D eigenvalue weighted by Gasteiger charge is 2.17. The first kappa shape index (κ1) is 11.5. The lowest BCUT2D eigenvalue weighted by Crippen LogP contribution is -2.33. The van der Waals surface area contributed by atoms with Crippen LogP contribution in [0.15, 0.2) is 23.7 Å². The van der Waals surface area contributed by atoms with Crippen LogP contribution in [0, 0.1) is 0 Å². The van der Waals surface area contributed by atoms with Crippen molar-refractivity contribution >= 4 is 16.9 Å². The standard InChI is InChI=1S/C11H18N4S/c1-3-10-7-16-11(14-10)13-9(2)6-15-5-4-12-8-15/h4-5,8-10H,3,6-7H2,1-2H3,(H,13,14). The van der Waals surface area contributed by atoms with E-state index >= 15 is 0 Å². The lowest BCUT2D eigenvalue weighted by molar-refractivity contribution is 0.547. The summed E-state index contributed by atoms with van der Waals surface area (Å²) in [4.78, 5) is 8.65. The summed E-state index contributed by atoms with van der Waals surface area (Å²) in [6, 6.07) is 0.893. The van der Waals surface area contributed by atoms with Crippen molar-refractivity contribution in [3.05, 3.63) is 18.7 Å². The number of nitrogens with one attached hydrogen (secondary N) is 1. The summed E-state index contributed by atoms with van der Waals surface area (Å²) in [5, 5.41) is 4.54. The van der Waals surface area contributed by atoms with Crippen LogP contribution in [0.2, 0.25) is 0 Å². The summed E-state index contributed by atoms with van der Waals surface area (Å²) in [6.07, 6.45) is 6.77. The number of amidine groups is 1. The van der Waals surface area contributed by atoms with Gasteiger partial charge in [0.15, 0.2) is 5.17 Å². The zero-order valence-electron chi connectivity index (χ0n) is 9.76. The van der Waals surface area contributed by atoms with Crippen LogP contribution in [-0.4, -0.2) is 32.6 Å². The summed E-state index contributed by atoms with van der Waals surface area (Å²) in [7, 11) is 0. The molecule has 1 aromatic rings. The molecule has 0 bridgehead atoms.